The molecule has 0 bridgehead atoms. The molecule has 0 saturated carbocycles. The number of nitrogens with one attached hydrogen (secondary N) is 1. The number of carbonyl (C=O) groups is 1. The van der Waals surface area contributed by atoms with Crippen LogP contribution in [-0.2, 0) is 17.9 Å². The van der Waals surface area contributed by atoms with Crippen molar-refractivity contribution in [2.75, 3.05) is 6.79 Å². The molecule has 0 aliphatic carbocycles. The van der Waals surface area contributed by atoms with Gasteiger partial charge in [0.2, 0.25) is 12.7 Å². The first-order valence-electron chi connectivity index (χ1n) is 10.7. The smallest absolute Gasteiger partial charge is 0.264 e. The minimum atomic E-state index is -0.209. The summed E-state index contributed by atoms with van der Waals surface area (Å²) in [5, 5.41) is 7.66. The van der Waals surface area contributed by atoms with Gasteiger partial charge in [0.25, 0.3) is 5.56 Å². The van der Waals surface area contributed by atoms with Crippen LogP contribution in [0.1, 0.15) is 23.4 Å². The van der Waals surface area contributed by atoms with E-state index in [9.17, 15) is 9.59 Å². The van der Waals surface area contributed by atoms with Crippen LogP contribution in [-0.4, -0.2) is 32.0 Å². The van der Waals surface area contributed by atoms with Crippen LogP contribution in [0.3, 0.4) is 0 Å². The van der Waals surface area contributed by atoms with Crippen molar-refractivity contribution in [3.63, 3.8) is 0 Å². The maximum Gasteiger partial charge on any atom is 0.264 e. The number of fused-ring (bicyclic) bond motifs is 2. The molecule has 0 spiro atoms. The summed E-state index contributed by atoms with van der Waals surface area (Å²) in [5.74, 6) is 1.75. The van der Waals surface area contributed by atoms with Crippen LogP contribution in [0.5, 0.6) is 11.5 Å². The first-order chi connectivity index (χ1) is 16.0. The first-order valence-corrected chi connectivity index (χ1v) is 10.7. The van der Waals surface area contributed by atoms with Crippen molar-refractivity contribution in [3.05, 3.63) is 76.0 Å². The van der Waals surface area contributed by atoms with Crippen LogP contribution < -0.4 is 20.3 Å². The molecular weight excluding hydrogens is 422 g/mol. The Bertz CT molecular complexity index is 1410. The Morgan fingerprint density at radius 1 is 1.09 bits per heavy atom. The Hall–Kier alpha value is -4.14. The minimum absolute atomic E-state index is 0.157. The van der Waals surface area contributed by atoms with Gasteiger partial charge in [-0.15, -0.1) is 0 Å². The minimum Gasteiger partial charge on any atom is -0.454 e. The van der Waals surface area contributed by atoms with Crippen molar-refractivity contribution in [2.45, 2.75) is 33.4 Å². The van der Waals surface area contributed by atoms with E-state index in [0.29, 0.717) is 34.9 Å². The number of ether oxygens (including phenoxy) is 2. The molecule has 0 fully saturated rings. The third kappa shape index (κ3) is 4.05. The number of rotatable bonds is 6. The molecule has 0 saturated heterocycles. The van der Waals surface area contributed by atoms with Gasteiger partial charge < -0.3 is 14.8 Å². The molecule has 1 aliphatic rings. The lowest BCUT2D eigenvalue weighted by Crippen LogP contribution is -2.29. The Kier molecular flexibility index (Phi) is 5.29. The lowest BCUT2D eigenvalue weighted by atomic mass is 10.2. The summed E-state index contributed by atoms with van der Waals surface area (Å²) in [6.07, 6.45) is 1.69. The summed E-state index contributed by atoms with van der Waals surface area (Å²) in [4.78, 5) is 30.1. The van der Waals surface area contributed by atoms with E-state index < -0.39 is 0 Å². The maximum absolute atomic E-state index is 13.1. The van der Waals surface area contributed by atoms with Crippen LogP contribution >= 0.6 is 0 Å². The molecule has 9 nitrogen and oxygen atoms in total. The predicted octanol–water partition coefficient (Wildman–Crippen LogP) is 2.63. The Morgan fingerprint density at radius 3 is 2.70 bits per heavy atom. The van der Waals surface area contributed by atoms with E-state index in [0.717, 1.165) is 16.8 Å². The maximum atomic E-state index is 13.1. The quantitative estimate of drug-likeness (QED) is 0.490. The Morgan fingerprint density at radius 2 is 1.88 bits per heavy atom. The van der Waals surface area contributed by atoms with Gasteiger partial charge >= 0.3 is 0 Å². The third-order valence-electron chi connectivity index (χ3n) is 5.65. The third-order valence-corrected chi connectivity index (χ3v) is 5.65. The lowest BCUT2D eigenvalue weighted by molar-refractivity contribution is -0.121. The summed E-state index contributed by atoms with van der Waals surface area (Å²) in [6.45, 7) is 4.58. The first kappa shape index (κ1) is 20.7. The van der Waals surface area contributed by atoms with E-state index in [1.54, 1.807) is 11.6 Å². The van der Waals surface area contributed by atoms with Crippen LogP contribution in [0.25, 0.3) is 16.7 Å². The van der Waals surface area contributed by atoms with E-state index >= 15 is 0 Å². The van der Waals surface area contributed by atoms with Crippen LogP contribution in [0.4, 0.5) is 0 Å². The molecule has 3 heterocycles. The fourth-order valence-electron chi connectivity index (χ4n) is 3.80. The summed E-state index contributed by atoms with van der Waals surface area (Å²) < 4.78 is 13.8. The average Bonchev–Trinajstić information content (AvgIpc) is 3.45. The highest BCUT2D eigenvalue weighted by Crippen LogP contribution is 2.32. The summed E-state index contributed by atoms with van der Waals surface area (Å²) in [6, 6.07) is 13.4. The van der Waals surface area contributed by atoms with Gasteiger partial charge in [-0.1, -0.05) is 23.8 Å². The van der Waals surface area contributed by atoms with E-state index in [2.05, 4.69) is 15.4 Å². The normalized spacial score (nSPS) is 12.3. The van der Waals surface area contributed by atoms with Crippen molar-refractivity contribution in [3.8, 4) is 17.2 Å². The van der Waals surface area contributed by atoms with E-state index in [1.165, 1.54) is 10.8 Å². The average molecular weight is 445 g/mol. The van der Waals surface area contributed by atoms with E-state index in [1.807, 2.05) is 49.4 Å². The molecule has 1 amide bonds. The van der Waals surface area contributed by atoms with E-state index in [4.69, 9.17) is 9.47 Å². The zero-order chi connectivity index (χ0) is 22.9. The number of aryl methyl sites for hydroxylation is 2. The molecule has 0 atom stereocenters. The Balaban J connectivity index is 1.28. The summed E-state index contributed by atoms with van der Waals surface area (Å²) in [5.41, 5.74) is 3.18. The second kappa shape index (κ2) is 8.42. The number of aromatic nitrogens is 4. The standard InChI is InChI=1S/C24H23N5O4/c1-15-3-6-18(7-4-15)29-23-19(13-26-29)24(31)28(16(2)27-23)10-9-22(30)25-12-17-5-8-20-21(11-17)33-14-32-20/h3-8,11,13H,9-10,12,14H2,1-2H3,(H,25,30). The Labute approximate surface area is 189 Å². The molecule has 2 aromatic carbocycles. The van der Waals surface area contributed by atoms with Gasteiger partial charge in [0.1, 0.15) is 11.2 Å². The van der Waals surface area contributed by atoms with Crippen molar-refractivity contribution in [1.29, 1.82) is 0 Å². The molecule has 168 valence electrons. The van der Waals surface area contributed by atoms with Gasteiger partial charge in [-0.3, -0.25) is 14.2 Å². The topological polar surface area (TPSA) is 100 Å². The second-order valence-electron chi connectivity index (χ2n) is 7.96. The number of nitrogens with zero attached hydrogens (tertiary/aromatic N) is 4. The van der Waals surface area contributed by atoms with Gasteiger partial charge in [0, 0.05) is 19.5 Å². The summed E-state index contributed by atoms with van der Waals surface area (Å²) >= 11 is 0. The van der Waals surface area contributed by atoms with E-state index in [-0.39, 0.29) is 31.2 Å². The van der Waals surface area contributed by atoms with Gasteiger partial charge in [-0.25, -0.2) is 9.67 Å². The summed E-state index contributed by atoms with van der Waals surface area (Å²) in [7, 11) is 0. The zero-order valence-electron chi connectivity index (χ0n) is 18.4. The van der Waals surface area contributed by atoms with Crippen LogP contribution in [0.15, 0.2) is 53.5 Å². The molecule has 0 unspecified atom stereocenters. The molecule has 2 aromatic heterocycles. The molecule has 33 heavy (non-hydrogen) atoms. The largest absolute Gasteiger partial charge is 0.454 e. The van der Waals surface area contributed by atoms with Crippen molar-refractivity contribution in [1.82, 2.24) is 24.6 Å². The van der Waals surface area contributed by atoms with Gasteiger partial charge in [0.15, 0.2) is 17.1 Å². The molecule has 4 aromatic rings. The number of carbonyl (C=O) groups excluding carboxylic acids is 1. The van der Waals surface area contributed by atoms with Crippen molar-refractivity contribution < 1.29 is 14.3 Å². The zero-order valence-corrected chi connectivity index (χ0v) is 18.4. The van der Waals surface area contributed by atoms with Crippen LogP contribution in [0, 0.1) is 13.8 Å². The number of hydrogen-bond acceptors (Lipinski definition) is 6. The van der Waals surface area contributed by atoms with Gasteiger partial charge in [0.05, 0.1) is 11.9 Å². The SMILES string of the molecule is Cc1ccc(-n2ncc3c(=O)n(CCC(=O)NCc4ccc5c(c4)OCO5)c(C)nc32)cc1. The lowest BCUT2D eigenvalue weighted by Gasteiger charge is -2.11. The fraction of sp³-hybridized carbons (Fsp3) is 0.250. The number of amides is 1. The molecule has 1 N–H and O–H groups in total. The molecule has 5 rings (SSSR count). The van der Waals surface area contributed by atoms with Gasteiger partial charge in [-0.05, 0) is 43.7 Å². The second-order valence-corrected chi connectivity index (χ2v) is 7.96. The molecule has 0 radical (unpaired) electrons. The van der Waals surface area contributed by atoms with Gasteiger partial charge in [-0.2, -0.15) is 5.10 Å². The van der Waals surface area contributed by atoms with Crippen molar-refractivity contribution in [2.24, 2.45) is 0 Å². The highest BCUT2D eigenvalue weighted by molar-refractivity contribution is 5.77. The fourth-order valence-corrected chi connectivity index (χ4v) is 3.80. The van der Waals surface area contributed by atoms with Crippen LogP contribution in [0.2, 0.25) is 0 Å². The highest BCUT2D eigenvalue weighted by Gasteiger charge is 2.16. The monoisotopic (exact) mass is 445 g/mol. The molecule has 9 heteroatoms. The predicted molar refractivity (Wildman–Crippen MR) is 122 cm³/mol. The highest BCUT2D eigenvalue weighted by atomic mass is 16.7. The van der Waals surface area contributed by atoms with Crippen molar-refractivity contribution >= 4 is 16.9 Å². The molecule has 1 aliphatic heterocycles. The number of hydrogen-bond donors (Lipinski definition) is 1. The molecular formula is C24H23N5O4. The number of benzene rings is 2.